The summed E-state index contributed by atoms with van der Waals surface area (Å²) in [4.78, 5) is 6.35. The predicted molar refractivity (Wildman–Crippen MR) is 144 cm³/mol. The number of pyridine rings is 1. The molecule has 3 aromatic carbocycles. The largest absolute Gasteiger partial charge is 0.247 e. The summed E-state index contributed by atoms with van der Waals surface area (Å²) >= 11 is 1.83. The van der Waals surface area contributed by atoms with Crippen LogP contribution in [0.15, 0.2) is 84.9 Å². The minimum absolute atomic E-state index is 0.152. The Morgan fingerprint density at radius 3 is 2.03 bits per heavy atom. The number of benzene rings is 3. The number of hydrogen-bond acceptors (Lipinski definition) is 2. The van der Waals surface area contributed by atoms with Gasteiger partial charge in [0.15, 0.2) is 0 Å². The molecule has 0 unspecified atom stereocenters. The van der Waals surface area contributed by atoms with Gasteiger partial charge in [-0.3, -0.25) is 0 Å². The smallest absolute Gasteiger partial charge is 0.0823 e. The highest BCUT2D eigenvalue weighted by Gasteiger charge is 2.18. The molecule has 5 rings (SSSR count). The zero-order chi connectivity index (χ0) is 23.2. The number of rotatable bonds is 3. The summed E-state index contributed by atoms with van der Waals surface area (Å²) in [5.74, 6) is 0. The Labute approximate surface area is 200 Å². The van der Waals surface area contributed by atoms with Gasteiger partial charge in [-0.1, -0.05) is 81.4 Å². The molecule has 2 heterocycles. The fourth-order valence-corrected chi connectivity index (χ4v) is 5.66. The standard InChI is InChI=1S/C31H29NS/c1-20-16-25(31(3,4)5)17-21(2)30(20)29-19-27-28(33-29)15-14-26(32-27)24-13-9-12-23(18-24)22-10-7-6-8-11-22/h6-19H,1-5H3. The van der Waals surface area contributed by atoms with E-state index < -0.39 is 0 Å². The highest BCUT2D eigenvalue weighted by Crippen LogP contribution is 2.39. The first kappa shape index (κ1) is 21.6. The van der Waals surface area contributed by atoms with Crippen LogP contribution in [-0.4, -0.2) is 4.98 Å². The average molecular weight is 448 g/mol. The third-order valence-corrected chi connectivity index (χ3v) is 7.39. The van der Waals surface area contributed by atoms with Gasteiger partial charge in [-0.05, 0) is 76.9 Å². The molecule has 0 aliphatic heterocycles. The monoisotopic (exact) mass is 447 g/mol. The Balaban J connectivity index is 1.55. The zero-order valence-electron chi connectivity index (χ0n) is 19.9. The van der Waals surface area contributed by atoms with Crippen molar-refractivity contribution in [2.24, 2.45) is 0 Å². The first-order chi connectivity index (χ1) is 15.8. The SMILES string of the molecule is Cc1cc(C(C)(C)C)cc(C)c1-c1cc2nc(-c3cccc(-c4ccccc4)c3)ccc2s1. The van der Waals surface area contributed by atoms with Gasteiger partial charge in [0.1, 0.15) is 0 Å². The molecule has 0 saturated heterocycles. The minimum Gasteiger partial charge on any atom is -0.247 e. The van der Waals surface area contributed by atoms with Gasteiger partial charge < -0.3 is 0 Å². The predicted octanol–water partition coefficient (Wildman–Crippen LogP) is 9.21. The van der Waals surface area contributed by atoms with Crippen LogP contribution >= 0.6 is 11.3 Å². The van der Waals surface area contributed by atoms with Crippen LogP contribution in [0.5, 0.6) is 0 Å². The van der Waals surface area contributed by atoms with Crippen molar-refractivity contribution in [3.05, 3.63) is 102 Å². The Bertz CT molecular complexity index is 1430. The molecule has 0 amide bonds. The number of aryl methyl sites for hydroxylation is 2. The highest BCUT2D eigenvalue weighted by atomic mass is 32.1. The van der Waals surface area contributed by atoms with E-state index in [9.17, 15) is 0 Å². The lowest BCUT2D eigenvalue weighted by Crippen LogP contribution is -2.11. The summed E-state index contributed by atoms with van der Waals surface area (Å²) in [5.41, 5.74) is 11.2. The van der Waals surface area contributed by atoms with Crippen LogP contribution in [-0.2, 0) is 5.41 Å². The second-order valence-corrected chi connectivity index (χ2v) is 11.0. The van der Waals surface area contributed by atoms with Crippen LogP contribution in [0, 0.1) is 13.8 Å². The number of hydrogen-bond donors (Lipinski definition) is 0. The van der Waals surface area contributed by atoms with Crippen molar-refractivity contribution in [3.63, 3.8) is 0 Å². The number of thiophene rings is 1. The molecule has 0 spiro atoms. The molecule has 2 heteroatoms. The van der Waals surface area contributed by atoms with Crippen molar-refractivity contribution >= 4 is 21.6 Å². The molecule has 0 radical (unpaired) electrons. The van der Waals surface area contributed by atoms with E-state index in [1.807, 2.05) is 11.3 Å². The van der Waals surface area contributed by atoms with E-state index in [0.29, 0.717) is 0 Å². The van der Waals surface area contributed by atoms with E-state index in [2.05, 4.69) is 120 Å². The van der Waals surface area contributed by atoms with E-state index in [1.165, 1.54) is 43.0 Å². The Morgan fingerprint density at radius 2 is 1.33 bits per heavy atom. The molecular weight excluding hydrogens is 418 g/mol. The normalized spacial score (nSPS) is 11.8. The van der Waals surface area contributed by atoms with Crippen LogP contribution in [0.2, 0.25) is 0 Å². The van der Waals surface area contributed by atoms with Crippen LogP contribution in [0.1, 0.15) is 37.5 Å². The second-order valence-electron chi connectivity index (χ2n) is 9.87. The van der Waals surface area contributed by atoms with Gasteiger partial charge in [0.05, 0.1) is 15.9 Å². The molecule has 33 heavy (non-hydrogen) atoms. The second kappa shape index (κ2) is 8.28. The molecule has 5 aromatic rings. The maximum Gasteiger partial charge on any atom is 0.0823 e. The minimum atomic E-state index is 0.152. The molecule has 2 aromatic heterocycles. The van der Waals surface area contributed by atoms with Gasteiger partial charge in [0, 0.05) is 10.4 Å². The van der Waals surface area contributed by atoms with Crippen molar-refractivity contribution in [2.75, 3.05) is 0 Å². The lowest BCUT2D eigenvalue weighted by molar-refractivity contribution is 0.589. The first-order valence-corrected chi connectivity index (χ1v) is 12.3. The fraction of sp³-hybridized carbons (Fsp3) is 0.194. The summed E-state index contributed by atoms with van der Waals surface area (Å²) in [5, 5.41) is 0. The Morgan fingerprint density at radius 1 is 0.667 bits per heavy atom. The van der Waals surface area contributed by atoms with Crippen molar-refractivity contribution in [1.29, 1.82) is 0 Å². The van der Waals surface area contributed by atoms with Gasteiger partial charge in [-0.25, -0.2) is 4.98 Å². The molecule has 0 saturated carbocycles. The highest BCUT2D eigenvalue weighted by molar-refractivity contribution is 7.22. The molecule has 1 nitrogen and oxygen atoms in total. The average Bonchev–Trinajstić information content (AvgIpc) is 3.21. The lowest BCUT2D eigenvalue weighted by Gasteiger charge is -2.22. The molecule has 0 bridgehead atoms. The summed E-state index contributed by atoms with van der Waals surface area (Å²) in [6, 6.07) is 30.5. The summed E-state index contributed by atoms with van der Waals surface area (Å²) < 4.78 is 1.23. The van der Waals surface area contributed by atoms with E-state index in [1.54, 1.807) is 0 Å². The van der Waals surface area contributed by atoms with Gasteiger partial charge >= 0.3 is 0 Å². The van der Waals surface area contributed by atoms with Gasteiger partial charge in [-0.15, -0.1) is 11.3 Å². The maximum atomic E-state index is 5.05. The molecule has 164 valence electrons. The van der Waals surface area contributed by atoms with Gasteiger partial charge in [0.25, 0.3) is 0 Å². The maximum absolute atomic E-state index is 5.05. The van der Waals surface area contributed by atoms with E-state index in [4.69, 9.17) is 4.98 Å². The molecule has 0 aliphatic carbocycles. The van der Waals surface area contributed by atoms with Crippen LogP contribution in [0.3, 0.4) is 0 Å². The van der Waals surface area contributed by atoms with Crippen molar-refractivity contribution in [2.45, 2.75) is 40.0 Å². The third kappa shape index (κ3) is 4.24. The van der Waals surface area contributed by atoms with Crippen LogP contribution in [0.25, 0.3) is 43.0 Å². The van der Waals surface area contributed by atoms with Crippen molar-refractivity contribution < 1.29 is 0 Å². The first-order valence-electron chi connectivity index (χ1n) is 11.5. The quantitative estimate of drug-likeness (QED) is 0.268. The third-order valence-electron chi connectivity index (χ3n) is 6.28. The molecule has 0 N–H and O–H groups in total. The number of aromatic nitrogens is 1. The number of fused-ring (bicyclic) bond motifs is 1. The van der Waals surface area contributed by atoms with E-state index in [-0.39, 0.29) is 5.41 Å². The Kier molecular flexibility index (Phi) is 5.42. The fourth-order valence-electron chi connectivity index (χ4n) is 4.48. The zero-order valence-corrected chi connectivity index (χ0v) is 20.8. The lowest BCUT2D eigenvalue weighted by atomic mass is 9.83. The molecule has 0 aliphatic rings. The molecule has 0 atom stereocenters. The van der Waals surface area contributed by atoms with Gasteiger partial charge in [-0.2, -0.15) is 0 Å². The summed E-state index contributed by atoms with van der Waals surface area (Å²) in [6.07, 6.45) is 0. The van der Waals surface area contributed by atoms with E-state index in [0.717, 1.165) is 16.8 Å². The van der Waals surface area contributed by atoms with Crippen molar-refractivity contribution in [3.8, 4) is 32.8 Å². The van der Waals surface area contributed by atoms with E-state index >= 15 is 0 Å². The summed E-state index contributed by atoms with van der Waals surface area (Å²) in [6.45, 7) is 11.3. The molecular formula is C31H29NS. The van der Waals surface area contributed by atoms with Crippen LogP contribution < -0.4 is 0 Å². The van der Waals surface area contributed by atoms with Gasteiger partial charge in [0.2, 0.25) is 0 Å². The topological polar surface area (TPSA) is 12.9 Å². The molecule has 0 fully saturated rings. The summed E-state index contributed by atoms with van der Waals surface area (Å²) in [7, 11) is 0. The Hall–Kier alpha value is -3.23. The van der Waals surface area contributed by atoms with Crippen molar-refractivity contribution in [1.82, 2.24) is 4.98 Å². The number of nitrogens with zero attached hydrogens (tertiary/aromatic N) is 1. The van der Waals surface area contributed by atoms with Crippen LogP contribution in [0.4, 0.5) is 0 Å².